The summed E-state index contributed by atoms with van der Waals surface area (Å²) in [5.74, 6) is -2.22. The van der Waals surface area contributed by atoms with Crippen molar-refractivity contribution in [1.82, 2.24) is 4.57 Å². The van der Waals surface area contributed by atoms with E-state index in [0.29, 0.717) is 32.7 Å². The molecule has 12 nitrogen and oxygen atoms in total. The van der Waals surface area contributed by atoms with Crippen molar-refractivity contribution in [3.05, 3.63) is 103 Å². The Morgan fingerprint density at radius 2 is 1.64 bits per heavy atom. The minimum Gasteiger partial charge on any atom is -0.493 e. The van der Waals surface area contributed by atoms with Gasteiger partial charge in [-0.05, 0) is 48.9 Å². The summed E-state index contributed by atoms with van der Waals surface area (Å²) in [6.07, 6.45) is 0. The van der Waals surface area contributed by atoms with E-state index in [9.17, 15) is 29.3 Å². The van der Waals surface area contributed by atoms with Crippen molar-refractivity contribution < 1.29 is 28.8 Å². The summed E-state index contributed by atoms with van der Waals surface area (Å²) in [7, 11) is 2.98. The molecule has 6 rings (SSSR count). The molecule has 3 atom stereocenters. The van der Waals surface area contributed by atoms with Crippen LogP contribution in [0.4, 0.5) is 17.1 Å². The van der Waals surface area contributed by atoms with E-state index in [0.717, 1.165) is 33.6 Å². The van der Waals surface area contributed by atoms with Crippen LogP contribution < -0.4 is 24.6 Å². The molecular formula is C31H26N4O8S2. The molecule has 3 heterocycles. The maximum absolute atomic E-state index is 14.1. The smallest absolute Gasteiger partial charge is 0.308 e. The van der Waals surface area contributed by atoms with Gasteiger partial charge in [-0.1, -0.05) is 46.9 Å². The van der Waals surface area contributed by atoms with E-state index >= 15 is 0 Å². The van der Waals surface area contributed by atoms with Crippen molar-refractivity contribution in [1.29, 1.82) is 0 Å². The summed E-state index contributed by atoms with van der Waals surface area (Å²) in [6, 6.07) is 17.6. The number of imide groups is 1. The van der Waals surface area contributed by atoms with Gasteiger partial charge in [-0.2, -0.15) is 0 Å². The third-order valence-electron chi connectivity index (χ3n) is 7.77. The largest absolute Gasteiger partial charge is 0.493 e. The number of anilines is 2. The van der Waals surface area contributed by atoms with Crippen molar-refractivity contribution in [2.24, 2.45) is 5.92 Å². The molecule has 0 radical (unpaired) electrons. The second-order valence-electron chi connectivity index (χ2n) is 10.5. The van der Waals surface area contributed by atoms with Gasteiger partial charge in [-0.15, -0.1) is 0 Å². The number of hydrogen-bond acceptors (Lipinski definition) is 10. The molecule has 1 fully saturated rings. The number of aromatic nitrogens is 1. The number of nitro groups is 1. The maximum Gasteiger partial charge on any atom is 0.308 e. The molecule has 0 spiro atoms. The number of carbonyl (C=O) groups is 3. The molecule has 0 bridgehead atoms. The number of methoxy groups -OCH3 is 2. The Labute approximate surface area is 264 Å². The molecule has 1 saturated heterocycles. The van der Waals surface area contributed by atoms with Gasteiger partial charge < -0.3 is 14.8 Å². The molecule has 3 aromatic carbocycles. The predicted molar refractivity (Wildman–Crippen MR) is 169 cm³/mol. The molecular weight excluding hydrogens is 620 g/mol. The second-order valence-corrected chi connectivity index (χ2v) is 12.6. The van der Waals surface area contributed by atoms with Crippen molar-refractivity contribution in [3.63, 3.8) is 0 Å². The molecule has 0 aliphatic carbocycles. The van der Waals surface area contributed by atoms with Crippen LogP contribution in [-0.2, 0) is 20.9 Å². The number of nitrogens with zero attached hydrogens (tertiary/aromatic N) is 3. The summed E-state index contributed by atoms with van der Waals surface area (Å²) in [4.78, 5) is 66.3. The Balaban J connectivity index is 1.43. The van der Waals surface area contributed by atoms with Gasteiger partial charge in [0, 0.05) is 28.6 Å². The summed E-state index contributed by atoms with van der Waals surface area (Å²) >= 11 is 2.00. The van der Waals surface area contributed by atoms with Crippen molar-refractivity contribution in [2.45, 2.75) is 29.7 Å². The van der Waals surface area contributed by atoms with Crippen LogP contribution in [0.1, 0.15) is 21.9 Å². The average Bonchev–Trinajstić information content (AvgIpc) is 3.47. The topological polar surface area (TPSA) is 150 Å². The van der Waals surface area contributed by atoms with Crippen molar-refractivity contribution >= 4 is 57.9 Å². The minimum absolute atomic E-state index is 0.178. The number of nitrogens with one attached hydrogen (secondary N) is 1. The highest BCUT2D eigenvalue weighted by atomic mass is 32.2. The zero-order chi connectivity index (χ0) is 32.0. The Morgan fingerprint density at radius 1 is 0.956 bits per heavy atom. The molecule has 1 N–H and O–H groups in total. The van der Waals surface area contributed by atoms with Crippen LogP contribution in [0.15, 0.2) is 76.6 Å². The highest BCUT2D eigenvalue weighted by molar-refractivity contribution is 8.00. The quantitative estimate of drug-likeness (QED) is 0.165. The molecule has 0 saturated carbocycles. The number of benzene rings is 3. The number of hydrogen-bond donors (Lipinski definition) is 1. The Hall–Kier alpha value is -4.95. The van der Waals surface area contributed by atoms with E-state index in [-0.39, 0.29) is 17.9 Å². The fraction of sp³-hybridized carbons (Fsp3) is 0.226. The van der Waals surface area contributed by atoms with E-state index in [1.54, 1.807) is 30.3 Å². The average molecular weight is 647 g/mol. The van der Waals surface area contributed by atoms with Crippen LogP contribution in [0.3, 0.4) is 0 Å². The molecule has 2 unspecified atom stereocenters. The lowest BCUT2D eigenvalue weighted by Crippen LogP contribution is -2.33. The highest BCUT2D eigenvalue weighted by Gasteiger charge is 2.57. The van der Waals surface area contributed by atoms with Crippen LogP contribution in [0.2, 0.25) is 0 Å². The van der Waals surface area contributed by atoms with Gasteiger partial charge in [-0.3, -0.25) is 33.9 Å². The highest BCUT2D eigenvalue weighted by Crippen LogP contribution is 2.54. The zero-order valence-electron chi connectivity index (χ0n) is 24.2. The number of thiazole rings is 1. The first-order valence-electron chi connectivity index (χ1n) is 13.7. The molecule has 1 aromatic heterocycles. The Kier molecular flexibility index (Phi) is 7.93. The number of rotatable bonds is 8. The van der Waals surface area contributed by atoms with Gasteiger partial charge in [0.25, 0.3) is 5.69 Å². The predicted octanol–water partition coefficient (Wildman–Crippen LogP) is 4.58. The number of carbonyl (C=O) groups excluding carboxylic acids is 3. The van der Waals surface area contributed by atoms with Crippen molar-refractivity contribution in [2.75, 3.05) is 24.4 Å². The van der Waals surface area contributed by atoms with E-state index in [4.69, 9.17) is 9.47 Å². The lowest BCUT2D eigenvalue weighted by atomic mass is 9.83. The summed E-state index contributed by atoms with van der Waals surface area (Å²) in [5, 5.41) is 13.5. The maximum atomic E-state index is 14.1. The Morgan fingerprint density at radius 3 is 2.29 bits per heavy atom. The monoisotopic (exact) mass is 646 g/mol. The first kappa shape index (κ1) is 30.1. The van der Waals surface area contributed by atoms with E-state index in [2.05, 4.69) is 5.32 Å². The van der Waals surface area contributed by atoms with Gasteiger partial charge in [0.2, 0.25) is 17.7 Å². The second kappa shape index (κ2) is 11.9. The zero-order valence-corrected chi connectivity index (χ0v) is 25.8. The van der Waals surface area contributed by atoms with E-state index in [1.165, 1.54) is 43.1 Å². The third-order valence-corrected chi connectivity index (χ3v) is 10.4. The molecule has 45 heavy (non-hydrogen) atoms. The van der Waals surface area contributed by atoms with Gasteiger partial charge in [0.1, 0.15) is 11.8 Å². The normalized spacial score (nSPS) is 18.7. The number of non-ortho nitro benzene ring substituents is 1. The molecule has 3 amide bonds. The van der Waals surface area contributed by atoms with Crippen LogP contribution in [-0.4, -0.2) is 46.7 Å². The summed E-state index contributed by atoms with van der Waals surface area (Å²) in [5.41, 5.74) is 2.25. The number of ether oxygens (including phenoxy) is 2. The van der Waals surface area contributed by atoms with Gasteiger partial charge in [0.15, 0.2) is 11.5 Å². The SMILES string of the molecule is COc1ccc([C@@H]2c3sc(=O)n(CC(=O)Nc4ccc(C)cc4)c3SC3C(=O)N(c4ccc([N+](=O)[O-])cc4)C(=O)C32)cc1OC. The van der Waals surface area contributed by atoms with E-state index < -0.39 is 44.6 Å². The van der Waals surface area contributed by atoms with Crippen LogP contribution >= 0.6 is 23.1 Å². The molecule has 4 aromatic rings. The molecule has 230 valence electrons. The van der Waals surface area contributed by atoms with Gasteiger partial charge in [0.05, 0.1) is 35.8 Å². The first-order valence-corrected chi connectivity index (χ1v) is 15.4. The van der Waals surface area contributed by atoms with Crippen molar-refractivity contribution in [3.8, 4) is 11.5 Å². The number of aryl methyl sites for hydroxylation is 1. The summed E-state index contributed by atoms with van der Waals surface area (Å²) < 4.78 is 12.2. The fourth-order valence-electron chi connectivity index (χ4n) is 5.62. The van der Waals surface area contributed by atoms with Crippen LogP contribution in [0, 0.1) is 23.0 Å². The summed E-state index contributed by atoms with van der Waals surface area (Å²) in [6.45, 7) is 1.63. The number of nitro benzene ring substituents is 1. The molecule has 2 aliphatic rings. The standard InChI is InChI=1S/C31H26N4O8S2/c1-16-4-7-18(8-5-16)32-23(36)15-33-30-27(45-31(33)39)24(17-6-13-21(42-2)22(14-17)43-3)25-26(44-30)29(38)34(28(25)37)19-9-11-20(12-10-19)35(40)41/h4-14,24-26H,15H2,1-3H3,(H,32,36)/t24-,25?,26?/m0/s1. The first-order chi connectivity index (χ1) is 21.6. The fourth-order valence-corrected chi connectivity index (χ4v) is 8.39. The van der Waals surface area contributed by atoms with E-state index in [1.807, 2.05) is 19.1 Å². The molecule has 14 heteroatoms. The molecule has 2 aliphatic heterocycles. The van der Waals surface area contributed by atoms with Gasteiger partial charge in [-0.25, -0.2) is 4.90 Å². The van der Waals surface area contributed by atoms with Crippen LogP contribution in [0.5, 0.6) is 11.5 Å². The van der Waals surface area contributed by atoms with Gasteiger partial charge >= 0.3 is 4.87 Å². The number of thioether (sulfide) groups is 1. The lowest BCUT2D eigenvalue weighted by molar-refractivity contribution is -0.384. The van der Waals surface area contributed by atoms with Crippen LogP contribution in [0.25, 0.3) is 0 Å². The Bertz CT molecular complexity index is 1900. The number of fused-ring (bicyclic) bond motifs is 2. The lowest BCUT2D eigenvalue weighted by Gasteiger charge is -2.31. The number of amides is 3. The minimum atomic E-state index is -0.932. The third kappa shape index (κ3) is 5.36.